The van der Waals surface area contributed by atoms with Crippen molar-refractivity contribution in [1.82, 2.24) is 19.6 Å². The smallest absolute Gasteiger partial charge is 0.292 e. The molecule has 0 radical (unpaired) electrons. The van der Waals surface area contributed by atoms with Gasteiger partial charge in [0.1, 0.15) is 5.69 Å². The molecule has 0 spiro atoms. The molecule has 0 atom stereocenters. The van der Waals surface area contributed by atoms with Crippen molar-refractivity contribution in [2.75, 3.05) is 13.1 Å². The number of halogens is 2. The first-order chi connectivity index (χ1) is 13.5. The van der Waals surface area contributed by atoms with Gasteiger partial charge in [0.15, 0.2) is 0 Å². The zero-order chi connectivity index (χ0) is 19.7. The number of alkyl halides is 2. The Kier molecular flexibility index (Phi) is 5.23. The molecular weight excluding hydrogens is 370 g/mol. The number of hydrogen-bond acceptors (Lipinski definition) is 5. The van der Waals surface area contributed by atoms with Crippen LogP contribution in [0, 0.1) is 5.92 Å². The molecule has 1 fully saturated rings. The van der Waals surface area contributed by atoms with Crippen LogP contribution in [0.3, 0.4) is 0 Å². The van der Waals surface area contributed by atoms with Gasteiger partial charge in [0.05, 0.1) is 12.0 Å². The van der Waals surface area contributed by atoms with E-state index < -0.39 is 17.7 Å². The Hall–Kier alpha value is -2.58. The number of aromatic nitrogens is 3. The van der Waals surface area contributed by atoms with Gasteiger partial charge < -0.3 is 9.42 Å². The van der Waals surface area contributed by atoms with Crippen molar-refractivity contribution in [2.24, 2.45) is 5.92 Å². The van der Waals surface area contributed by atoms with Gasteiger partial charge in [-0.25, -0.2) is 13.8 Å². The highest BCUT2D eigenvalue weighted by atomic mass is 19.3. The van der Waals surface area contributed by atoms with Crippen LogP contribution in [0.15, 0.2) is 21.7 Å². The summed E-state index contributed by atoms with van der Waals surface area (Å²) in [6.07, 6.45) is 3.70. The average molecular weight is 392 g/mol. The second-order valence-electron chi connectivity index (χ2n) is 7.48. The molecule has 7 nitrogen and oxygen atoms in total. The van der Waals surface area contributed by atoms with E-state index in [2.05, 4.69) is 10.1 Å². The number of aryl methyl sites for hydroxylation is 1. The minimum atomic E-state index is -2.75. The highest BCUT2D eigenvalue weighted by Crippen LogP contribution is 2.27. The lowest BCUT2D eigenvalue weighted by Crippen LogP contribution is -2.40. The van der Waals surface area contributed by atoms with Gasteiger partial charge in [-0.3, -0.25) is 14.2 Å². The minimum absolute atomic E-state index is 0.116. The van der Waals surface area contributed by atoms with E-state index in [-0.39, 0.29) is 11.8 Å². The van der Waals surface area contributed by atoms with Gasteiger partial charge in [0.25, 0.3) is 17.9 Å². The predicted molar refractivity (Wildman–Crippen MR) is 95.2 cm³/mol. The lowest BCUT2D eigenvalue weighted by molar-refractivity contribution is 0.0639. The first-order valence-corrected chi connectivity index (χ1v) is 9.64. The summed E-state index contributed by atoms with van der Waals surface area (Å²) in [6, 6.07) is 0.885. The van der Waals surface area contributed by atoms with E-state index in [4.69, 9.17) is 4.52 Å². The molecule has 0 N–H and O–H groups in total. The van der Waals surface area contributed by atoms with Gasteiger partial charge in [0.2, 0.25) is 5.76 Å². The number of piperidine rings is 1. The fraction of sp³-hybridized carbons (Fsp3) is 0.579. The van der Waals surface area contributed by atoms with Crippen LogP contribution in [0.25, 0.3) is 0 Å². The van der Waals surface area contributed by atoms with Crippen molar-refractivity contribution in [2.45, 2.75) is 51.5 Å². The first-order valence-electron chi connectivity index (χ1n) is 9.64. The maximum Gasteiger partial charge on any atom is 0.292 e. The van der Waals surface area contributed by atoms with E-state index in [0.29, 0.717) is 25.4 Å². The number of likely N-dealkylation sites (tertiary alicyclic amines) is 1. The third-order valence-electron chi connectivity index (χ3n) is 5.64. The molecule has 28 heavy (non-hydrogen) atoms. The fourth-order valence-corrected chi connectivity index (χ4v) is 4.00. The maximum absolute atomic E-state index is 12.8. The van der Waals surface area contributed by atoms with Crippen LogP contribution in [-0.2, 0) is 19.4 Å². The molecule has 2 aromatic heterocycles. The van der Waals surface area contributed by atoms with Crippen molar-refractivity contribution in [3.05, 3.63) is 45.5 Å². The molecule has 1 saturated heterocycles. The highest BCUT2D eigenvalue weighted by molar-refractivity contribution is 5.93. The third kappa shape index (κ3) is 3.70. The maximum atomic E-state index is 12.8. The Morgan fingerprint density at radius 2 is 2.00 bits per heavy atom. The molecule has 1 amide bonds. The second kappa shape index (κ2) is 7.81. The van der Waals surface area contributed by atoms with Crippen LogP contribution in [0.2, 0.25) is 0 Å². The van der Waals surface area contributed by atoms with Crippen LogP contribution >= 0.6 is 0 Å². The van der Waals surface area contributed by atoms with Crippen molar-refractivity contribution in [1.29, 1.82) is 0 Å². The molecule has 150 valence electrons. The summed E-state index contributed by atoms with van der Waals surface area (Å²) in [4.78, 5) is 30.2. The van der Waals surface area contributed by atoms with E-state index in [1.165, 1.54) is 10.9 Å². The van der Waals surface area contributed by atoms with E-state index >= 15 is 0 Å². The van der Waals surface area contributed by atoms with Crippen LogP contribution in [0.5, 0.6) is 0 Å². The molecule has 0 bridgehead atoms. The fourth-order valence-electron chi connectivity index (χ4n) is 4.00. The monoisotopic (exact) mass is 392 g/mol. The SMILES string of the molecule is O=C(c1onc2c1CCCC2)N1CCC(Cn2cnc(C(F)F)cc2=O)CC1. The molecular formula is C19H22F2N4O3. The Morgan fingerprint density at radius 1 is 1.25 bits per heavy atom. The van der Waals surface area contributed by atoms with Gasteiger partial charge in [0, 0.05) is 31.3 Å². The van der Waals surface area contributed by atoms with E-state index in [9.17, 15) is 18.4 Å². The Labute approximate surface area is 160 Å². The Morgan fingerprint density at radius 3 is 2.71 bits per heavy atom. The predicted octanol–water partition coefficient (Wildman–Crippen LogP) is 2.60. The number of carbonyl (C=O) groups excluding carboxylic acids is 1. The Balaban J connectivity index is 1.36. The normalized spacial score (nSPS) is 17.8. The van der Waals surface area contributed by atoms with Crippen LogP contribution in [0.4, 0.5) is 8.78 Å². The van der Waals surface area contributed by atoms with Gasteiger partial charge in [-0.2, -0.15) is 0 Å². The number of fused-ring (bicyclic) bond motifs is 1. The topological polar surface area (TPSA) is 81.2 Å². The summed E-state index contributed by atoms with van der Waals surface area (Å²) >= 11 is 0. The lowest BCUT2D eigenvalue weighted by Gasteiger charge is -2.31. The first kappa shape index (κ1) is 18.8. The van der Waals surface area contributed by atoms with Crippen molar-refractivity contribution >= 4 is 5.91 Å². The summed E-state index contributed by atoms with van der Waals surface area (Å²) in [5, 5.41) is 4.05. The molecule has 0 unspecified atom stereocenters. The van der Waals surface area contributed by atoms with E-state index in [1.54, 1.807) is 4.90 Å². The van der Waals surface area contributed by atoms with Crippen molar-refractivity contribution < 1.29 is 18.1 Å². The summed E-state index contributed by atoms with van der Waals surface area (Å²) in [5.41, 5.74) is 0.882. The molecule has 0 saturated carbocycles. The van der Waals surface area contributed by atoms with Gasteiger partial charge in [-0.05, 0) is 44.4 Å². The van der Waals surface area contributed by atoms with Gasteiger partial charge >= 0.3 is 0 Å². The van der Waals surface area contributed by atoms with Crippen molar-refractivity contribution in [3.63, 3.8) is 0 Å². The summed E-state index contributed by atoms with van der Waals surface area (Å²) in [7, 11) is 0. The van der Waals surface area contributed by atoms with Gasteiger partial charge in [-0.1, -0.05) is 5.16 Å². The number of hydrogen-bond donors (Lipinski definition) is 0. The zero-order valence-electron chi connectivity index (χ0n) is 15.4. The molecule has 2 aliphatic rings. The lowest BCUT2D eigenvalue weighted by atomic mass is 9.94. The minimum Gasteiger partial charge on any atom is -0.350 e. The molecule has 2 aromatic rings. The average Bonchev–Trinajstić information content (AvgIpc) is 3.13. The van der Waals surface area contributed by atoms with E-state index in [1.807, 2.05) is 0 Å². The summed E-state index contributed by atoms with van der Waals surface area (Å²) in [6.45, 7) is 1.54. The number of amides is 1. The van der Waals surface area contributed by atoms with Crippen LogP contribution in [-0.4, -0.2) is 38.6 Å². The van der Waals surface area contributed by atoms with Crippen LogP contribution < -0.4 is 5.56 Å². The molecule has 0 aromatic carbocycles. The zero-order valence-corrected chi connectivity index (χ0v) is 15.4. The number of rotatable bonds is 4. The van der Waals surface area contributed by atoms with Gasteiger partial charge in [-0.15, -0.1) is 0 Å². The third-order valence-corrected chi connectivity index (χ3v) is 5.64. The molecule has 1 aliphatic carbocycles. The van der Waals surface area contributed by atoms with E-state index in [0.717, 1.165) is 55.8 Å². The second-order valence-corrected chi connectivity index (χ2v) is 7.48. The summed E-state index contributed by atoms with van der Waals surface area (Å²) < 4.78 is 31.9. The number of carbonyl (C=O) groups is 1. The molecule has 4 rings (SSSR count). The van der Waals surface area contributed by atoms with Crippen LogP contribution in [0.1, 0.15) is 59.6 Å². The molecule has 1 aliphatic heterocycles. The number of nitrogens with zero attached hydrogens (tertiary/aromatic N) is 4. The van der Waals surface area contributed by atoms with Crippen molar-refractivity contribution in [3.8, 4) is 0 Å². The standard InChI is InChI=1S/C19H22F2N4O3/c20-18(21)15-9-16(26)25(11-22-15)10-12-5-7-24(8-6-12)19(27)17-13-3-1-2-4-14(13)23-28-17/h9,11-12,18H,1-8,10H2. The molecule has 9 heteroatoms. The summed E-state index contributed by atoms with van der Waals surface area (Å²) in [5.74, 6) is 0.440. The largest absolute Gasteiger partial charge is 0.350 e. The Bertz CT molecular complexity index is 916. The highest BCUT2D eigenvalue weighted by Gasteiger charge is 2.30. The molecule has 3 heterocycles. The quantitative estimate of drug-likeness (QED) is 0.799.